The van der Waals surface area contributed by atoms with Crippen LogP contribution in [-0.2, 0) is 15.9 Å². The van der Waals surface area contributed by atoms with E-state index < -0.39 is 43.2 Å². The van der Waals surface area contributed by atoms with Crippen molar-refractivity contribution < 1.29 is 54.7 Å². The summed E-state index contributed by atoms with van der Waals surface area (Å²) in [5, 5.41) is 70.1. The van der Waals surface area contributed by atoms with Crippen molar-refractivity contribution in [1.82, 2.24) is 0 Å². The van der Waals surface area contributed by atoms with Crippen LogP contribution in [0.15, 0.2) is 36.4 Å². The summed E-state index contributed by atoms with van der Waals surface area (Å²) in [4.78, 5) is 0. The van der Waals surface area contributed by atoms with Gasteiger partial charge in [-0.25, -0.2) is 0 Å². The van der Waals surface area contributed by atoms with Crippen LogP contribution in [0, 0.1) is 0 Å². The van der Waals surface area contributed by atoms with Crippen molar-refractivity contribution in [1.29, 1.82) is 0 Å². The van der Waals surface area contributed by atoms with E-state index in [9.17, 15) is 35.7 Å². The van der Waals surface area contributed by atoms with Crippen molar-refractivity contribution in [2.75, 3.05) is 34.0 Å². The molecule has 37 heavy (non-hydrogen) atoms. The molecule has 1 aliphatic heterocycles. The quantitative estimate of drug-likeness (QED) is 0.215. The number of aliphatic hydroxyl groups is 5. The maximum atomic E-state index is 11.0. The first-order valence-corrected chi connectivity index (χ1v) is 11.7. The molecule has 3 rings (SSSR count). The lowest BCUT2D eigenvalue weighted by atomic mass is 9.90. The fraction of sp³-hybridized carbons (Fsp3) is 0.462. The molecule has 2 aromatic rings. The first-order valence-electron chi connectivity index (χ1n) is 11.7. The maximum Gasteiger partial charge on any atom is 0.186 e. The van der Waals surface area contributed by atoms with Gasteiger partial charge in [0.1, 0.15) is 24.4 Å². The molecular formula is C26H34O11. The van der Waals surface area contributed by atoms with Crippen LogP contribution in [0.1, 0.15) is 22.6 Å². The van der Waals surface area contributed by atoms with Crippen LogP contribution in [0.2, 0.25) is 0 Å². The number of aromatic hydroxyl groups is 2. The Hall–Kier alpha value is -2.90. The van der Waals surface area contributed by atoms with Crippen LogP contribution in [0.25, 0.3) is 6.08 Å². The third-order valence-electron chi connectivity index (χ3n) is 6.24. The molecule has 1 fully saturated rings. The Morgan fingerprint density at radius 1 is 0.946 bits per heavy atom. The Morgan fingerprint density at radius 3 is 2.32 bits per heavy atom. The van der Waals surface area contributed by atoms with Crippen LogP contribution >= 0.6 is 0 Å². The minimum Gasteiger partial charge on any atom is -0.504 e. The zero-order valence-electron chi connectivity index (χ0n) is 20.6. The average molecular weight is 523 g/mol. The number of ether oxygens (including phenoxy) is 4. The fourth-order valence-electron chi connectivity index (χ4n) is 4.21. The SMILES string of the molecule is COc1cc(C[C@@H](CO[C@@H]2O[C@@H](CO)[C@H](O)[C@@H](O)[C@@H]2O)c2cc(/C=C/CO)cc(OC)c2O)ccc1O. The minimum absolute atomic E-state index is 0.0407. The van der Waals surface area contributed by atoms with Gasteiger partial charge in [-0.15, -0.1) is 0 Å². The highest BCUT2D eigenvalue weighted by molar-refractivity contribution is 5.60. The minimum atomic E-state index is -1.60. The molecule has 6 atom stereocenters. The number of hydrogen-bond donors (Lipinski definition) is 7. The van der Waals surface area contributed by atoms with Gasteiger partial charge in [-0.1, -0.05) is 18.2 Å². The van der Waals surface area contributed by atoms with Crippen molar-refractivity contribution in [3.05, 3.63) is 53.1 Å². The van der Waals surface area contributed by atoms with Crippen molar-refractivity contribution in [3.8, 4) is 23.0 Å². The smallest absolute Gasteiger partial charge is 0.186 e. The monoisotopic (exact) mass is 522 g/mol. The number of aliphatic hydroxyl groups excluding tert-OH is 5. The molecule has 0 unspecified atom stereocenters. The fourth-order valence-corrected chi connectivity index (χ4v) is 4.21. The number of benzene rings is 2. The van der Waals surface area contributed by atoms with Gasteiger partial charge < -0.3 is 54.7 Å². The molecule has 1 heterocycles. The van der Waals surface area contributed by atoms with Gasteiger partial charge in [-0.3, -0.25) is 0 Å². The van der Waals surface area contributed by atoms with Gasteiger partial charge in [0.25, 0.3) is 0 Å². The normalized spacial score (nSPS) is 24.8. The van der Waals surface area contributed by atoms with E-state index in [1.165, 1.54) is 26.4 Å². The third-order valence-corrected chi connectivity index (χ3v) is 6.24. The molecule has 11 heteroatoms. The first-order chi connectivity index (χ1) is 17.7. The van der Waals surface area contributed by atoms with E-state index in [2.05, 4.69) is 0 Å². The molecule has 0 bridgehead atoms. The van der Waals surface area contributed by atoms with Gasteiger partial charge in [0.2, 0.25) is 0 Å². The Balaban J connectivity index is 1.97. The van der Waals surface area contributed by atoms with Gasteiger partial charge in [-0.2, -0.15) is 0 Å². The van der Waals surface area contributed by atoms with E-state index in [1.807, 2.05) is 0 Å². The Labute approximate surface area is 214 Å². The highest BCUT2D eigenvalue weighted by Gasteiger charge is 2.44. The average Bonchev–Trinajstić information content (AvgIpc) is 2.90. The molecule has 1 saturated heterocycles. The standard InChI is InChI=1S/C26H34O11/c1-34-19-10-15(5-6-18(19)29)8-16(13-36-26-25(33)24(32)23(31)21(12-28)37-26)17-9-14(4-3-7-27)11-20(35-2)22(17)30/h3-6,9-11,16,21,23-33H,7-8,12-13H2,1-2H3/b4-3+/t16-,21-,23-,24+,25-,26+/m0/s1. The molecule has 204 valence electrons. The molecule has 0 amide bonds. The van der Waals surface area contributed by atoms with Crippen molar-refractivity contribution in [2.24, 2.45) is 0 Å². The summed E-state index contributed by atoms with van der Waals surface area (Å²) < 4.78 is 21.8. The summed E-state index contributed by atoms with van der Waals surface area (Å²) in [7, 11) is 2.83. The van der Waals surface area contributed by atoms with Crippen molar-refractivity contribution in [3.63, 3.8) is 0 Å². The summed E-state index contributed by atoms with van der Waals surface area (Å²) in [6.45, 7) is -0.913. The maximum absolute atomic E-state index is 11.0. The topological polar surface area (TPSA) is 179 Å². The second-order valence-electron chi connectivity index (χ2n) is 8.68. The zero-order valence-corrected chi connectivity index (χ0v) is 20.6. The van der Waals surface area contributed by atoms with Gasteiger partial charge in [0.15, 0.2) is 29.3 Å². The molecule has 0 spiro atoms. The van der Waals surface area contributed by atoms with Crippen LogP contribution in [-0.4, -0.2) is 100 Å². The Bertz CT molecular complexity index is 1060. The third kappa shape index (κ3) is 6.70. The lowest BCUT2D eigenvalue weighted by molar-refractivity contribution is -0.301. The van der Waals surface area contributed by atoms with E-state index >= 15 is 0 Å². The summed E-state index contributed by atoms with van der Waals surface area (Å²) in [6.07, 6.45) is -3.76. The molecule has 0 aromatic heterocycles. The van der Waals surface area contributed by atoms with Gasteiger partial charge in [0, 0.05) is 11.5 Å². The molecule has 0 saturated carbocycles. The number of methoxy groups -OCH3 is 2. The van der Waals surface area contributed by atoms with E-state index in [1.54, 1.807) is 30.3 Å². The first kappa shape index (κ1) is 28.7. The van der Waals surface area contributed by atoms with Crippen LogP contribution in [0.3, 0.4) is 0 Å². The Morgan fingerprint density at radius 2 is 1.68 bits per heavy atom. The highest BCUT2D eigenvalue weighted by atomic mass is 16.7. The molecule has 7 N–H and O–H groups in total. The molecule has 11 nitrogen and oxygen atoms in total. The molecule has 1 aliphatic rings. The van der Waals surface area contributed by atoms with Gasteiger partial charge in [-0.05, 0) is 41.8 Å². The molecular weight excluding hydrogens is 488 g/mol. The van der Waals surface area contributed by atoms with Crippen LogP contribution in [0.5, 0.6) is 23.0 Å². The molecule has 2 aromatic carbocycles. The summed E-state index contributed by atoms with van der Waals surface area (Å²) >= 11 is 0. The van der Waals surface area contributed by atoms with Gasteiger partial charge in [0.05, 0.1) is 34.0 Å². The lowest BCUT2D eigenvalue weighted by Crippen LogP contribution is -2.59. The molecule has 0 radical (unpaired) electrons. The van der Waals surface area contributed by atoms with E-state index in [0.717, 1.165) is 5.56 Å². The second kappa shape index (κ2) is 13.1. The van der Waals surface area contributed by atoms with E-state index in [4.69, 9.17) is 18.9 Å². The number of phenols is 2. The van der Waals surface area contributed by atoms with Crippen molar-refractivity contribution in [2.45, 2.75) is 43.0 Å². The number of rotatable bonds is 11. The molecule has 0 aliphatic carbocycles. The summed E-state index contributed by atoms with van der Waals surface area (Å²) in [5.41, 5.74) is 1.79. The highest BCUT2D eigenvalue weighted by Crippen LogP contribution is 2.39. The van der Waals surface area contributed by atoms with Crippen LogP contribution in [0.4, 0.5) is 0 Å². The van der Waals surface area contributed by atoms with E-state index in [0.29, 0.717) is 11.1 Å². The predicted molar refractivity (Wildman–Crippen MR) is 132 cm³/mol. The van der Waals surface area contributed by atoms with Gasteiger partial charge >= 0.3 is 0 Å². The summed E-state index contributed by atoms with van der Waals surface area (Å²) in [5.74, 6) is -0.306. The summed E-state index contributed by atoms with van der Waals surface area (Å²) in [6, 6.07) is 8.10. The number of hydrogen-bond acceptors (Lipinski definition) is 11. The second-order valence-corrected chi connectivity index (χ2v) is 8.68. The zero-order chi connectivity index (χ0) is 27.1. The largest absolute Gasteiger partial charge is 0.504 e. The Kier molecular flexibility index (Phi) is 10.1. The van der Waals surface area contributed by atoms with Crippen molar-refractivity contribution >= 4 is 6.08 Å². The lowest BCUT2D eigenvalue weighted by Gasteiger charge is -2.40. The van der Waals surface area contributed by atoms with Crippen LogP contribution < -0.4 is 9.47 Å². The number of phenolic OH excluding ortho intramolecular Hbond substituents is 2. The van der Waals surface area contributed by atoms with E-state index in [-0.39, 0.29) is 42.6 Å². The predicted octanol–water partition coefficient (Wildman–Crippen LogP) is 0.263.